The van der Waals surface area contributed by atoms with Crippen LogP contribution in [0.1, 0.15) is 31.2 Å². The predicted octanol–water partition coefficient (Wildman–Crippen LogP) is 2.03. The van der Waals surface area contributed by atoms with Crippen molar-refractivity contribution in [3.8, 4) is 5.75 Å². The van der Waals surface area contributed by atoms with Gasteiger partial charge >= 0.3 is 0 Å². The Kier molecular flexibility index (Phi) is 5.81. The first-order valence-electron chi connectivity index (χ1n) is 10.8. The van der Waals surface area contributed by atoms with Gasteiger partial charge in [-0.15, -0.1) is 0 Å². The molecule has 0 spiro atoms. The maximum absolute atomic E-state index is 13.1. The number of likely N-dealkylation sites (N-methyl/N-ethyl adjacent to an activating group) is 1. The minimum atomic E-state index is 0.187. The summed E-state index contributed by atoms with van der Waals surface area (Å²) in [4.78, 5) is 32.4. The van der Waals surface area contributed by atoms with Crippen molar-refractivity contribution >= 4 is 11.8 Å². The van der Waals surface area contributed by atoms with Crippen LogP contribution < -0.4 is 4.74 Å². The Labute approximate surface area is 173 Å². The van der Waals surface area contributed by atoms with Gasteiger partial charge in [0, 0.05) is 38.1 Å². The summed E-state index contributed by atoms with van der Waals surface area (Å²) in [6.45, 7) is 2.41. The number of rotatable bonds is 5. The molecule has 0 aliphatic carbocycles. The number of carbonyl (C=O) groups is 2. The SMILES string of the molecule is COc1cccc(CC(=O)N2C[C@H]3C[C@@H](C2)[C@H](CN(C)C)N2C(=O)CCC[C@@H]32)c1. The highest BCUT2D eigenvalue weighted by Crippen LogP contribution is 2.41. The van der Waals surface area contributed by atoms with Gasteiger partial charge in [0.15, 0.2) is 0 Å². The second-order valence-corrected chi connectivity index (χ2v) is 9.17. The van der Waals surface area contributed by atoms with Crippen molar-refractivity contribution in [2.45, 2.75) is 44.2 Å². The molecule has 1 aromatic rings. The van der Waals surface area contributed by atoms with Crippen LogP contribution >= 0.6 is 0 Å². The van der Waals surface area contributed by atoms with Gasteiger partial charge in [0.1, 0.15) is 5.75 Å². The first-order chi connectivity index (χ1) is 14.0. The molecule has 158 valence electrons. The number of piperidine rings is 3. The molecule has 0 unspecified atom stereocenters. The average molecular weight is 400 g/mol. The number of hydrogen-bond acceptors (Lipinski definition) is 4. The lowest BCUT2D eigenvalue weighted by Gasteiger charge is -2.57. The number of fused-ring (bicyclic) bond motifs is 4. The second kappa shape index (κ2) is 8.34. The molecule has 0 saturated carbocycles. The van der Waals surface area contributed by atoms with Crippen molar-refractivity contribution in [1.82, 2.24) is 14.7 Å². The molecule has 0 aromatic heterocycles. The normalized spacial score (nSPS) is 29.0. The predicted molar refractivity (Wildman–Crippen MR) is 112 cm³/mol. The first kappa shape index (κ1) is 20.2. The van der Waals surface area contributed by atoms with Crippen molar-refractivity contribution in [3.63, 3.8) is 0 Å². The van der Waals surface area contributed by atoms with Crippen molar-refractivity contribution in [2.75, 3.05) is 40.8 Å². The first-order valence-corrected chi connectivity index (χ1v) is 10.8. The average Bonchev–Trinajstić information content (AvgIpc) is 2.71. The van der Waals surface area contributed by atoms with E-state index in [9.17, 15) is 9.59 Å². The maximum atomic E-state index is 13.1. The van der Waals surface area contributed by atoms with Gasteiger partial charge in [-0.3, -0.25) is 9.59 Å². The van der Waals surface area contributed by atoms with Gasteiger partial charge in [-0.25, -0.2) is 0 Å². The third kappa shape index (κ3) is 4.13. The van der Waals surface area contributed by atoms with Gasteiger partial charge < -0.3 is 19.4 Å². The topological polar surface area (TPSA) is 53.1 Å². The van der Waals surface area contributed by atoms with Gasteiger partial charge in [-0.05, 0) is 62.9 Å². The van der Waals surface area contributed by atoms with E-state index in [2.05, 4.69) is 28.8 Å². The Balaban J connectivity index is 1.52. The van der Waals surface area contributed by atoms with Gasteiger partial charge in [0.2, 0.25) is 11.8 Å². The molecule has 0 N–H and O–H groups in total. The molecule has 1 aromatic carbocycles. The van der Waals surface area contributed by atoms with Crippen molar-refractivity contribution in [3.05, 3.63) is 29.8 Å². The molecular weight excluding hydrogens is 366 g/mol. The fraction of sp³-hybridized carbons (Fsp3) is 0.652. The van der Waals surface area contributed by atoms with Crippen LogP contribution in [-0.2, 0) is 16.0 Å². The highest BCUT2D eigenvalue weighted by molar-refractivity contribution is 5.80. The summed E-state index contributed by atoms with van der Waals surface area (Å²) in [5, 5.41) is 0. The number of carbonyl (C=O) groups excluding carboxylic acids is 2. The Morgan fingerprint density at radius 3 is 2.79 bits per heavy atom. The van der Waals surface area contributed by atoms with E-state index in [1.807, 2.05) is 24.3 Å². The third-order valence-electron chi connectivity index (χ3n) is 6.89. The zero-order valence-electron chi connectivity index (χ0n) is 17.8. The van der Waals surface area contributed by atoms with E-state index in [4.69, 9.17) is 4.74 Å². The number of likely N-dealkylation sites (tertiary alicyclic amines) is 1. The van der Waals surface area contributed by atoms with E-state index in [0.29, 0.717) is 36.6 Å². The Morgan fingerprint density at radius 1 is 1.24 bits per heavy atom. The van der Waals surface area contributed by atoms with Crippen LogP contribution in [0.3, 0.4) is 0 Å². The molecular formula is C23H33N3O3. The summed E-state index contributed by atoms with van der Waals surface area (Å²) in [6.07, 6.45) is 4.27. The third-order valence-corrected chi connectivity index (χ3v) is 6.89. The summed E-state index contributed by atoms with van der Waals surface area (Å²) in [6, 6.07) is 8.28. The highest BCUT2D eigenvalue weighted by Gasteiger charge is 2.49. The fourth-order valence-electron chi connectivity index (χ4n) is 5.66. The summed E-state index contributed by atoms with van der Waals surface area (Å²) < 4.78 is 5.30. The van der Waals surface area contributed by atoms with Crippen LogP contribution in [0.15, 0.2) is 24.3 Å². The van der Waals surface area contributed by atoms with E-state index in [-0.39, 0.29) is 11.9 Å². The van der Waals surface area contributed by atoms with Crippen molar-refractivity contribution in [1.29, 1.82) is 0 Å². The molecule has 3 heterocycles. The van der Waals surface area contributed by atoms with Gasteiger partial charge in [0.05, 0.1) is 13.5 Å². The van der Waals surface area contributed by atoms with Crippen molar-refractivity contribution in [2.24, 2.45) is 11.8 Å². The minimum absolute atomic E-state index is 0.187. The number of methoxy groups -OCH3 is 1. The fourth-order valence-corrected chi connectivity index (χ4v) is 5.66. The molecule has 4 rings (SSSR count). The number of hydrogen-bond donors (Lipinski definition) is 0. The van der Waals surface area contributed by atoms with Crippen LogP contribution in [0, 0.1) is 11.8 Å². The van der Waals surface area contributed by atoms with Gasteiger partial charge in [0.25, 0.3) is 0 Å². The van der Waals surface area contributed by atoms with E-state index >= 15 is 0 Å². The van der Waals surface area contributed by atoms with Crippen LogP contribution in [0.5, 0.6) is 5.75 Å². The van der Waals surface area contributed by atoms with Gasteiger partial charge in [-0.1, -0.05) is 12.1 Å². The number of benzene rings is 1. The molecule has 0 radical (unpaired) electrons. The second-order valence-electron chi connectivity index (χ2n) is 9.17. The van der Waals surface area contributed by atoms with Crippen LogP contribution in [-0.4, -0.2) is 79.4 Å². The van der Waals surface area contributed by atoms with Crippen LogP contribution in [0.2, 0.25) is 0 Å². The summed E-state index contributed by atoms with van der Waals surface area (Å²) in [5.74, 6) is 2.06. The number of nitrogens with zero attached hydrogens (tertiary/aromatic N) is 3. The number of amides is 2. The zero-order valence-corrected chi connectivity index (χ0v) is 17.8. The van der Waals surface area contributed by atoms with Crippen LogP contribution in [0.4, 0.5) is 0 Å². The minimum Gasteiger partial charge on any atom is -0.497 e. The largest absolute Gasteiger partial charge is 0.497 e. The van der Waals surface area contributed by atoms with Gasteiger partial charge in [-0.2, -0.15) is 0 Å². The summed E-state index contributed by atoms with van der Waals surface area (Å²) in [7, 11) is 5.79. The molecule has 6 heteroatoms. The molecule has 3 saturated heterocycles. The molecule has 3 aliphatic heterocycles. The highest BCUT2D eigenvalue weighted by atomic mass is 16.5. The van der Waals surface area contributed by atoms with E-state index in [0.717, 1.165) is 50.2 Å². The monoisotopic (exact) mass is 399 g/mol. The quantitative estimate of drug-likeness (QED) is 0.760. The lowest BCUT2D eigenvalue weighted by Crippen LogP contribution is -2.67. The zero-order chi connectivity index (χ0) is 20.5. The molecule has 3 fully saturated rings. The van der Waals surface area contributed by atoms with Crippen LogP contribution in [0.25, 0.3) is 0 Å². The lowest BCUT2D eigenvalue weighted by molar-refractivity contribution is -0.156. The number of ether oxygens (including phenoxy) is 1. The molecule has 3 aliphatic rings. The Hall–Kier alpha value is -2.08. The van der Waals surface area contributed by atoms with E-state index < -0.39 is 0 Å². The Bertz CT molecular complexity index is 765. The lowest BCUT2D eigenvalue weighted by atomic mass is 9.72. The smallest absolute Gasteiger partial charge is 0.227 e. The molecule has 6 nitrogen and oxygen atoms in total. The Morgan fingerprint density at radius 2 is 2.03 bits per heavy atom. The summed E-state index contributed by atoms with van der Waals surface area (Å²) in [5.41, 5.74) is 0.990. The molecule has 2 amide bonds. The summed E-state index contributed by atoms with van der Waals surface area (Å²) >= 11 is 0. The molecule has 2 bridgehead atoms. The maximum Gasteiger partial charge on any atom is 0.227 e. The molecule has 4 atom stereocenters. The van der Waals surface area contributed by atoms with Crippen molar-refractivity contribution < 1.29 is 14.3 Å². The standard InChI is InChI=1S/C23H33N3O3/c1-24(2)15-21-18-12-17(20-8-5-9-22(27)26(20)21)13-25(14-18)23(28)11-16-6-4-7-19(10-16)29-3/h4,6-7,10,17-18,20-21H,5,8-9,11-15H2,1-3H3/t17-,18+,20+,21+/m1/s1. The van der Waals surface area contributed by atoms with E-state index in [1.54, 1.807) is 7.11 Å². The molecule has 29 heavy (non-hydrogen) atoms. The van der Waals surface area contributed by atoms with E-state index in [1.165, 1.54) is 0 Å².